The highest BCUT2D eigenvalue weighted by molar-refractivity contribution is 5.34. The number of pyridine rings is 1. The van der Waals surface area contributed by atoms with Crippen LogP contribution < -0.4 is 0 Å². The average molecular weight is 227 g/mol. The molecular weight excluding hydrogens is 221 g/mol. The third-order valence-corrected chi connectivity index (χ3v) is 1.74. The smallest absolute Gasteiger partial charge is 0.392 e. The highest BCUT2D eigenvalue weighted by atomic mass is 19.4. The van der Waals surface area contributed by atoms with Crippen molar-refractivity contribution in [3.05, 3.63) is 29.1 Å². The Bertz CT molecular complexity index is 349. The van der Waals surface area contributed by atoms with Crippen molar-refractivity contribution in [2.24, 2.45) is 0 Å². The van der Waals surface area contributed by atoms with Crippen LogP contribution in [0.5, 0.6) is 0 Å². The molecule has 7 heteroatoms. The molecule has 0 bridgehead atoms. The SMILES string of the molecule is OCc1cncc(C(F)F)c1C(F)(F)F. The summed E-state index contributed by atoms with van der Waals surface area (Å²) in [6.45, 7) is -0.984. The normalized spacial score (nSPS) is 12.2. The monoisotopic (exact) mass is 227 g/mol. The lowest BCUT2D eigenvalue weighted by Crippen LogP contribution is -2.14. The summed E-state index contributed by atoms with van der Waals surface area (Å²) in [5, 5.41) is 8.60. The molecule has 84 valence electrons. The molecule has 0 aliphatic carbocycles. The Morgan fingerprint density at radius 1 is 1.27 bits per heavy atom. The Hall–Kier alpha value is -1.24. The van der Waals surface area contributed by atoms with Crippen LogP contribution in [0.4, 0.5) is 22.0 Å². The fourth-order valence-corrected chi connectivity index (χ4v) is 1.15. The molecule has 0 unspecified atom stereocenters. The topological polar surface area (TPSA) is 33.1 Å². The maximum absolute atomic E-state index is 12.4. The first-order chi connectivity index (χ1) is 6.88. The number of halogens is 5. The molecule has 0 spiro atoms. The van der Waals surface area contributed by atoms with Crippen molar-refractivity contribution in [3.8, 4) is 0 Å². The molecule has 1 N–H and O–H groups in total. The molecule has 1 rings (SSSR count). The number of hydrogen-bond acceptors (Lipinski definition) is 2. The summed E-state index contributed by atoms with van der Waals surface area (Å²) >= 11 is 0. The molecule has 0 fully saturated rings. The largest absolute Gasteiger partial charge is 0.417 e. The maximum Gasteiger partial charge on any atom is 0.417 e. The number of rotatable bonds is 2. The summed E-state index contributed by atoms with van der Waals surface area (Å²) in [6.07, 6.45) is -7.03. The minimum Gasteiger partial charge on any atom is -0.392 e. The van der Waals surface area contributed by atoms with Crippen molar-refractivity contribution in [3.63, 3.8) is 0 Å². The van der Waals surface area contributed by atoms with E-state index < -0.39 is 35.9 Å². The van der Waals surface area contributed by atoms with Gasteiger partial charge in [0.25, 0.3) is 6.43 Å². The van der Waals surface area contributed by atoms with Crippen LogP contribution >= 0.6 is 0 Å². The van der Waals surface area contributed by atoms with Gasteiger partial charge in [0.2, 0.25) is 0 Å². The highest BCUT2D eigenvalue weighted by Crippen LogP contribution is 2.37. The summed E-state index contributed by atoms with van der Waals surface area (Å²) < 4.78 is 61.7. The zero-order valence-corrected chi connectivity index (χ0v) is 7.22. The summed E-state index contributed by atoms with van der Waals surface area (Å²) in [5.41, 5.74) is -3.37. The summed E-state index contributed by atoms with van der Waals surface area (Å²) in [5.74, 6) is 0. The predicted octanol–water partition coefficient (Wildman–Crippen LogP) is 2.53. The van der Waals surface area contributed by atoms with Gasteiger partial charge in [-0.05, 0) is 0 Å². The van der Waals surface area contributed by atoms with E-state index in [0.717, 1.165) is 0 Å². The predicted molar refractivity (Wildman–Crippen MR) is 40.1 cm³/mol. The second-order valence-corrected chi connectivity index (χ2v) is 2.72. The average Bonchev–Trinajstić information content (AvgIpc) is 2.15. The van der Waals surface area contributed by atoms with Crippen LogP contribution in [0.25, 0.3) is 0 Å². The van der Waals surface area contributed by atoms with Gasteiger partial charge >= 0.3 is 6.18 Å². The van der Waals surface area contributed by atoms with Gasteiger partial charge in [-0.25, -0.2) is 8.78 Å². The van der Waals surface area contributed by atoms with E-state index in [4.69, 9.17) is 5.11 Å². The number of aliphatic hydroxyl groups is 1. The lowest BCUT2D eigenvalue weighted by Gasteiger charge is -2.14. The standard InChI is InChI=1S/C8H6F5NO/c9-7(10)5-2-14-1-4(3-15)6(5)8(11,12)13/h1-2,7,15H,3H2. The van der Waals surface area contributed by atoms with Gasteiger partial charge in [0.15, 0.2) is 0 Å². The number of nitrogens with zero attached hydrogens (tertiary/aromatic N) is 1. The fraction of sp³-hybridized carbons (Fsp3) is 0.375. The lowest BCUT2D eigenvalue weighted by atomic mass is 10.0. The van der Waals surface area contributed by atoms with Crippen LogP contribution in [0, 0.1) is 0 Å². The van der Waals surface area contributed by atoms with Crippen LogP contribution in [0.3, 0.4) is 0 Å². The van der Waals surface area contributed by atoms with Gasteiger partial charge in [-0.3, -0.25) is 4.98 Å². The van der Waals surface area contributed by atoms with Crippen LogP contribution in [-0.4, -0.2) is 10.1 Å². The molecule has 0 aliphatic rings. The molecule has 2 nitrogen and oxygen atoms in total. The minimum atomic E-state index is -4.92. The Morgan fingerprint density at radius 3 is 2.27 bits per heavy atom. The second kappa shape index (κ2) is 4.09. The second-order valence-electron chi connectivity index (χ2n) is 2.72. The van der Waals surface area contributed by atoms with Gasteiger partial charge in [0, 0.05) is 23.5 Å². The van der Waals surface area contributed by atoms with E-state index in [2.05, 4.69) is 4.98 Å². The lowest BCUT2D eigenvalue weighted by molar-refractivity contribution is -0.140. The Labute approximate surface area is 81.4 Å². The van der Waals surface area contributed by atoms with Crippen molar-refractivity contribution in [2.45, 2.75) is 19.2 Å². The molecule has 1 aromatic rings. The van der Waals surface area contributed by atoms with Gasteiger partial charge in [-0.15, -0.1) is 0 Å². The Kier molecular flexibility index (Phi) is 3.23. The number of alkyl halides is 5. The zero-order chi connectivity index (χ0) is 11.6. The van der Waals surface area contributed by atoms with Gasteiger partial charge < -0.3 is 5.11 Å². The first-order valence-corrected chi connectivity index (χ1v) is 3.81. The van der Waals surface area contributed by atoms with E-state index in [1.807, 2.05) is 0 Å². The quantitative estimate of drug-likeness (QED) is 0.787. The minimum absolute atomic E-state index is 0.451. The third kappa shape index (κ3) is 2.41. The highest BCUT2D eigenvalue weighted by Gasteiger charge is 2.38. The van der Waals surface area contributed by atoms with E-state index in [0.29, 0.717) is 12.4 Å². The van der Waals surface area contributed by atoms with Crippen molar-refractivity contribution < 1.29 is 27.1 Å². The van der Waals surface area contributed by atoms with E-state index in [1.165, 1.54) is 0 Å². The summed E-state index contributed by atoms with van der Waals surface area (Å²) in [4.78, 5) is 3.21. The van der Waals surface area contributed by atoms with Gasteiger partial charge in [0.05, 0.1) is 12.2 Å². The van der Waals surface area contributed by atoms with Crippen molar-refractivity contribution in [1.82, 2.24) is 4.98 Å². The van der Waals surface area contributed by atoms with Gasteiger partial charge in [-0.1, -0.05) is 0 Å². The van der Waals surface area contributed by atoms with Gasteiger partial charge in [0.1, 0.15) is 0 Å². The van der Waals surface area contributed by atoms with Crippen molar-refractivity contribution >= 4 is 0 Å². The maximum atomic E-state index is 12.4. The molecule has 0 radical (unpaired) electrons. The molecule has 1 heterocycles. The van der Waals surface area contributed by atoms with E-state index in [1.54, 1.807) is 0 Å². The fourth-order valence-electron chi connectivity index (χ4n) is 1.15. The van der Waals surface area contributed by atoms with Crippen molar-refractivity contribution in [2.75, 3.05) is 0 Å². The Morgan fingerprint density at radius 2 is 1.87 bits per heavy atom. The molecule has 0 atom stereocenters. The zero-order valence-electron chi connectivity index (χ0n) is 7.22. The number of hydrogen-bond donors (Lipinski definition) is 1. The first kappa shape index (κ1) is 11.8. The number of aliphatic hydroxyl groups excluding tert-OH is 1. The molecule has 0 aromatic carbocycles. The molecule has 15 heavy (non-hydrogen) atoms. The Balaban J connectivity index is 3.41. The third-order valence-electron chi connectivity index (χ3n) is 1.74. The van der Waals surface area contributed by atoms with E-state index in [9.17, 15) is 22.0 Å². The molecular formula is C8H6F5NO. The number of aromatic nitrogens is 1. The van der Waals surface area contributed by atoms with Crippen LogP contribution in [0.2, 0.25) is 0 Å². The molecule has 0 aliphatic heterocycles. The molecule has 0 amide bonds. The van der Waals surface area contributed by atoms with Crippen LogP contribution in [0.15, 0.2) is 12.4 Å². The summed E-state index contributed by atoms with van der Waals surface area (Å²) in [7, 11) is 0. The molecule has 0 saturated heterocycles. The van der Waals surface area contributed by atoms with Crippen LogP contribution in [0.1, 0.15) is 23.1 Å². The molecule has 0 saturated carbocycles. The summed E-state index contributed by atoms with van der Waals surface area (Å²) in [6, 6.07) is 0. The van der Waals surface area contributed by atoms with Crippen LogP contribution in [-0.2, 0) is 12.8 Å². The first-order valence-electron chi connectivity index (χ1n) is 3.81. The van der Waals surface area contributed by atoms with E-state index in [-0.39, 0.29) is 0 Å². The van der Waals surface area contributed by atoms with Gasteiger partial charge in [-0.2, -0.15) is 13.2 Å². The van der Waals surface area contributed by atoms with E-state index >= 15 is 0 Å². The van der Waals surface area contributed by atoms with Crippen molar-refractivity contribution in [1.29, 1.82) is 0 Å². The molecule has 1 aromatic heterocycles.